The van der Waals surface area contributed by atoms with Gasteiger partial charge in [-0.2, -0.15) is 9.98 Å². The zero-order chi connectivity index (χ0) is 9.68. The number of allylic oxidation sites excluding steroid dienone is 2. The Morgan fingerprint density at radius 3 is 2.77 bits per heavy atom. The van der Waals surface area contributed by atoms with Crippen LogP contribution < -0.4 is 0 Å². The van der Waals surface area contributed by atoms with Crippen LogP contribution in [0.2, 0.25) is 0 Å². The molecule has 0 saturated carbocycles. The Balaban J connectivity index is 2.99. The quantitative estimate of drug-likeness (QED) is 0.463. The molecule has 0 aromatic heterocycles. The summed E-state index contributed by atoms with van der Waals surface area (Å²) in [5.74, 6) is 0. The van der Waals surface area contributed by atoms with Gasteiger partial charge in [0, 0.05) is 5.57 Å². The standard InChI is InChI=1S/C9H6N2O2/c1-7-8(10-5-12)3-2-4-9(7)11-6-13/h2-4,8H,1H2. The lowest BCUT2D eigenvalue weighted by atomic mass is 10.0. The van der Waals surface area contributed by atoms with E-state index in [1.54, 1.807) is 18.2 Å². The Labute approximate surface area is 74.7 Å². The molecule has 64 valence electrons. The lowest BCUT2D eigenvalue weighted by Gasteiger charge is -2.11. The first-order chi connectivity index (χ1) is 6.29. The summed E-state index contributed by atoms with van der Waals surface area (Å²) in [5, 5.41) is 0. The maximum absolute atomic E-state index is 9.99. The normalized spacial score (nSPS) is 19.8. The summed E-state index contributed by atoms with van der Waals surface area (Å²) in [6.07, 6.45) is 7.74. The smallest absolute Gasteiger partial charge is 0.211 e. The van der Waals surface area contributed by atoms with E-state index >= 15 is 0 Å². The number of aliphatic imine (C=N–C) groups is 2. The summed E-state index contributed by atoms with van der Waals surface area (Å²) >= 11 is 0. The van der Waals surface area contributed by atoms with Crippen molar-refractivity contribution in [2.75, 3.05) is 0 Å². The zero-order valence-electron chi connectivity index (χ0n) is 6.73. The van der Waals surface area contributed by atoms with Crippen molar-refractivity contribution >= 4 is 12.2 Å². The molecule has 0 bridgehead atoms. The molecule has 0 spiro atoms. The van der Waals surface area contributed by atoms with Crippen LogP contribution in [0.25, 0.3) is 0 Å². The lowest BCUT2D eigenvalue weighted by Crippen LogP contribution is -2.07. The lowest BCUT2D eigenvalue weighted by molar-refractivity contribution is 0.562. The van der Waals surface area contributed by atoms with Gasteiger partial charge in [-0.1, -0.05) is 18.7 Å². The molecule has 0 aromatic carbocycles. The molecule has 0 radical (unpaired) electrons. The minimum atomic E-state index is -0.463. The van der Waals surface area contributed by atoms with E-state index in [4.69, 9.17) is 0 Å². The fourth-order valence-electron chi connectivity index (χ4n) is 0.963. The van der Waals surface area contributed by atoms with Gasteiger partial charge in [-0.05, 0) is 6.08 Å². The second-order valence-corrected chi connectivity index (χ2v) is 2.33. The van der Waals surface area contributed by atoms with Gasteiger partial charge in [0.25, 0.3) is 0 Å². The Morgan fingerprint density at radius 1 is 1.38 bits per heavy atom. The molecule has 1 rings (SSSR count). The molecule has 0 aliphatic heterocycles. The van der Waals surface area contributed by atoms with Gasteiger partial charge >= 0.3 is 0 Å². The molecule has 1 aliphatic rings. The Kier molecular flexibility index (Phi) is 2.87. The summed E-state index contributed by atoms with van der Waals surface area (Å²) in [4.78, 5) is 26.9. The summed E-state index contributed by atoms with van der Waals surface area (Å²) in [6, 6.07) is -0.463. The molecule has 1 aliphatic carbocycles. The van der Waals surface area contributed by atoms with Crippen LogP contribution in [0.15, 0.2) is 46.1 Å². The van der Waals surface area contributed by atoms with E-state index < -0.39 is 6.04 Å². The first-order valence-corrected chi connectivity index (χ1v) is 3.52. The van der Waals surface area contributed by atoms with Gasteiger partial charge in [-0.15, -0.1) is 0 Å². The molecule has 4 heteroatoms. The Hall–Kier alpha value is -2.02. The second kappa shape index (κ2) is 4.12. The van der Waals surface area contributed by atoms with Gasteiger partial charge < -0.3 is 0 Å². The van der Waals surface area contributed by atoms with Crippen molar-refractivity contribution in [3.05, 3.63) is 36.1 Å². The fourth-order valence-corrected chi connectivity index (χ4v) is 0.963. The van der Waals surface area contributed by atoms with E-state index in [1.807, 2.05) is 0 Å². The molecule has 0 amide bonds. The van der Waals surface area contributed by atoms with E-state index in [-0.39, 0.29) is 0 Å². The van der Waals surface area contributed by atoms with Crippen molar-refractivity contribution in [1.29, 1.82) is 0 Å². The van der Waals surface area contributed by atoms with E-state index in [1.165, 1.54) is 12.2 Å². The van der Waals surface area contributed by atoms with Crippen LogP contribution in [0.3, 0.4) is 0 Å². The molecule has 0 N–H and O–H groups in total. The number of hydrogen-bond donors (Lipinski definition) is 0. The highest BCUT2D eigenvalue weighted by Crippen LogP contribution is 2.20. The van der Waals surface area contributed by atoms with Crippen LogP contribution >= 0.6 is 0 Å². The third kappa shape index (κ3) is 1.97. The molecule has 0 aromatic rings. The van der Waals surface area contributed by atoms with Crippen molar-refractivity contribution in [1.82, 2.24) is 0 Å². The highest BCUT2D eigenvalue weighted by atomic mass is 16.1. The largest absolute Gasteiger partial charge is 0.240 e. The third-order valence-corrected chi connectivity index (χ3v) is 1.59. The molecular weight excluding hydrogens is 168 g/mol. The zero-order valence-corrected chi connectivity index (χ0v) is 6.73. The predicted octanol–water partition coefficient (Wildman–Crippen LogP) is 1.04. The average Bonchev–Trinajstić information content (AvgIpc) is 2.13. The molecule has 1 atom stereocenters. The first-order valence-electron chi connectivity index (χ1n) is 3.52. The molecule has 13 heavy (non-hydrogen) atoms. The van der Waals surface area contributed by atoms with Crippen molar-refractivity contribution < 1.29 is 9.59 Å². The van der Waals surface area contributed by atoms with Crippen molar-refractivity contribution in [3.8, 4) is 0 Å². The van der Waals surface area contributed by atoms with Gasteiger partial charge in [-0.25, -0.2) is 9.59 Å². The number of rotatable bonds is 2. The van der Waals surface area contributed by atoms with E-state index in [0.717, 1.165) is 0 Å². The van der Waals surface area contributed by atoms with Crippen LogP contribution in [0.4, 0.5) is 0 Å². The van der Waals surface area contributed by atoms with Crippen LogP contribution in [-0.4, -0.2) is 18.2 Å². The molecule has 4 nitrogen and oxygen atoms in total. The van der Waals surface area contributed by atoms with Crippen molar-refractivity contribution in [3.63, 3.8) is 0 Å². The predicted molar refractivity (Wildman–Crippen MR) is 46.4 cm³/mol. The summed E-state index contributed by atoms with van der Waals surface area (Å²) in [5.41, 5.74) is 0.885. The summed E-state index contributed by atoms with van der Waals surface area (Å²) in [7, 11) is 0. The van der Waals surface area contributed by atoms with Gasteiger partial charge in [-0.3, -0.25) is 0 Å². The van der Waals surface area contributed by atoms with Crippen LogP contribution in [0.5, 0.6) is 0 Å². The van der Waals surface area contributed by atoms with Gasteiger partial charge in [0.2, 0.25) is 12.2 Å². The van der Waals surface area contributed by atoms with Gasteiger partial charge in [0.05, 0.1) is 5.70 Å². The van der Waals surface area contributed by atoms with Gasteiger partial charge in [0.1, 0.15) is 6.04 Å². The van der Waals surface area contributed by atoms with Crippen molar-refractivity contribution in [2.45, 2.75) is 6.04 Å². The minimum absolute atomic E-state index is 0.390. The highest BCUT2D eigenvalue weighted by Gasteiger charge is 2.14. The maximum atomic E-state index is 9.99. The molecule has 0 fully saturated rings. The molecule has 0 saturated heterocycles. The van der Waals surface area contributed by atoms with Crippen LogP contribution in [0.1, 0.15) is 0 Å². The Bertz CT molecular complexity index is 380. The summed E-state index contributed by atoms with van der Waals surface area (Å²) < 4.78 is 0. The van der Waals surface area contributed by atoms with Crippen LogP contribution in [-0.2, 0) is 9.59 Å². The fraction of sp³-hybridized carbons (Fsp3) is 0.111. The second-order valence-electron chi connectivity index (χ2n) is 2.33. The average molecular weight is 174 g/mol. The molecular formula is C9H6N2O2. The van der Waals surface area contributed by atoms with E-state index in [2.05, 4.69) is 16.6 Å². The number of nitrogens with zero attached hydrogens (tertiary/aromatic N) is 2. The van der Waals surface area contributed by atoms with E-state index in [9.17, 15) is 9.59 Å². The Morgan fingerprint density at radius 2 is 2.15 bits per heavy atom. The maximum Gasteiger partial charge on any atom is 0.240 e. The SMILES string of the molecule is C=C1C(N=C=O)=CC=CC1N=C=O. The number of hydrogen-bond acceptors (Lipinski definition) is 4. The van der Waals surface area contributed by atoms with Gasteiger partial charge in [0.15, 0.2) is 0 Å². The summed E-state index contributed by atoms with van der Waals surface area (Å²) in [6.45, 7) is 3.65. The molecule has 1 unspecified atom stereocenters. The third-order valence-electron chi connectivity index (χ3n) is 1.59. The monoisotopic (exact) mass is 174 g/mol. The number of carbonyl (C=O) groups excluding carboxylic acids is 2. The minimum Gasteiger partial charge on any atom is -0.211 e. The van der Waals surface area contributed by atoms with Crippen molar-refractivity contribution in [2.24, 2.45) is 9.98 Å². The van der Waals surface area contributed by atoms with Crippen LogP contribution in [0, 0.1) is 0 Å². The van der Waals surface area contributed by atoms with E-state index in [0.29, 0.717) is 11.3 Å². The topological polar surface area (TPSA) is 58.9 Å². The number of isocyanates is 2. The highest BCUT2D eigenvalue weighted by molar-refractivity contribution is 5.50. The molecule has 0 heterocycles. The first kappa shape index (κ1) is 9.07.